The number of aromatic nitrogens is 3. The number of rotatable bonds is 24. The Morgan fingerprint density at radius 2 is 1.32 bits per heavy atom. The summed E-state index contributed by atoms with van der Waals surface area (Å²) in [5, 5.41) is 32.0. The van der Waals surface area contributed by atoms with Gasteiger partial charge in [-0.25, -0.2) is 4.98 Å². The molecule has 21 nitrogen and oxygen atoms in total. The van der Waals surface area contributed by atoms with Crippen molar-refractivity contribution >= 4 is 58.3 Å². The number of fused-ring (bicyclic) bond motifs is 1. The second-order valence-corrected chi connectivity index (χ2v) is 13.9. The molecule has 5 atom stereocenters. The third-order valence-corrected chi connectivity index (χ3v) is 9.26. The number of H-pyrrole nitrogens is 2. The molecule has 2 aromatic heterocycles. The van der Waals surface area contributed by atoms with E-state index in [4.69, 9.17) is 22.3 Å². The smallest absolute Gasteiger partial charge is 0.322 e. The zero-order valence-corrected chi connectivity index (χ0v) is 32.6. The lowest BCUT2D eigenvalue weighted by Crippen LogP contribution is -2.59. The topological polar surface area (TPSA) is 355 Å². The second kappa shape index (κ2) is 22.6. The van der Waals surface area contributed by atoms with E-state index in [-0.39, 0.29) is 57.5 Å². The molecule has 0 fully saturated rings. The molecule has 0 spiro atoms. The number of guanidine groups is 1. The van der Waals surface area contributed by atoms with Crippen LogP contribution in [0.15, 0.2) is 78.3 Å². The molecule has 5 unspecified atom stereocenters. The van der Waals surface area contributed by atoms with Crippen LogP contribution in [0.5, 0.6) is 0 Å². The molecule has 0 saturated carbocycles. The van der Waals surface area contributed by atoms with Crippen molar-refractivity contribution in [3.8, 4) is 0 Å². The fourth-order valence-electron chi connectivity index (χ4n) is 6.18. The van der Waals surface area contributed by atoms with Crippen molar-refractivity contribution in [1.29, 1.82) is 0 Å². The maximum atomic E-state index is 14.3. The molecule has 15 N–H and O–H groups in total. The van der Waals surface area contributed by atoms with Gasteiger partial charge < -0.3 is 64.0 Å². The van der Waals surface area contributed by atoms with Gasteiger partial charge in [0, 0.05) is 61.2 Å². The van der Waals surface area contributed by atoms with Gasteiger partial charge in [0.05, 0.1) is 12.4 Å². The molecule has 5 amide bonds. The lowest BCUT2D eigenvalue weighted by Gasteiger charge is -2.27. The Hall–Kier alpha value is -7.29. The number of nitrogens with zero attached hydrogens (tertiary/aromatic N) is 2. The van der Waals surface area contributed by atoms with Crippen LogP contribution in [0.25, 0.3) is 10.9 Å². The number of carbonyl (C=O) groups excluding carboxylic acids is 5. The summed E-state index contributed by atoms with van der Waals surface area (Å²) in [6, 6.07) is 9.42. The molecular formula is C39H50N12O9. The summed E-state index contributed by atoms with van der Waals surface area (Å²) in [6.45, 7) is -0.637. The molecule has 4 aromatic rings. The van der Waals surface area contributed by atoms with E-state index in [9.17, 15) is 38.7 Å². The van der Waals surface area contributed by atoms with E-state index in [2.05, 4.69) is 46.5 Å². The summed E-state index contributed by atoms with van der Waals surface area (Å²) in [7, 11) is 0. The van der Waals surface area contributed by atoms with E-state index < -0.39 is 78.2 Å². The van der Waals surface area contributed by atoms with Gasteiger partial charge in [0.1, 0.15) is 30.7 Å². The summed E-state index contributed by atoms with van der Waals surface area (Å²) in [6.07, 6.45) is 3.81. The van der Waals surface area contributed by atoms with Crippen molar-refractivity contribution in [2.24, 2.45) is 22.2 Å². The van der Waals surface area contributed by atoms with Gasteiger partial charge in [-0.2, -0.15) is 0 Å². The molecule has 60 heavy (non-hydrogen) atoms. The molecule has 0 aliphatic carbocycles. The van der Waals surface area contributed by atoms with Crippen LogP contribution in [-0.2, 0) is 52.8 Å². The first-order valence-corrected chi connectivity index (χ1v) is 19.0. The van der Waals surface area contributed by atoms with Crippen LogP contribution < -0.4 is 43.8 Å². The Bertz CT molecular complexity index is 2120. The molecule has 0 radical (unpaired) electrons. The summed E-state index contributed by atoms with van der Waals surface area (Å²) >= 11 is 0. The molecule has 0 aliphatic rings. The van der Waals surface area contributed by atoms with Gasteiger partial charge in [-0.15, -0.1) is 0 Å². The number of aromatic amines is 2. The van der Waals surface area contributed by atoms with Crippen molar-refractivity contribution in [1.82, 2.24) is 41.5 Å². The van der Waals surface area contributed by atoms with Crippen molar-refractivity contribution in [2.75, 3.05) is 13.1 Å². The molecule has 0 saturated heterocycles. The van der Waals surface area contributed by atoms with E-state index in [1.807, 2.05) is 18.2 Å². The Labute approximate surface area is 343 Å². The number of aliphatic imine (C=N–C) groups is 1. The number of aliphatic carboxylic acids is 2. The summed E-state index contributed by atoms with van der Waals surface area (Å²) in [4.78, 5) is 105. The highest BCUT2D eigenvalue weighted by atomic mass is 16.4. The third kappa shape index (κ3) is 14.6. The number of hydrogen-bond acceptors (Lipinski definition) is 10. The highest BCUT2D eigenvalue weighted by Crippen LogP contribution is 2.19. The maximum Gasteiger partial charge on any atom is 0.322 e. The SMILES string of the molecule is NC(N)=NCCCC(NC(=O)C(Cc1ccccc1)NC(=O)C(Cc1cnc[nH]1)NC(=O)C(N)CCC(=O)O)C(=O)NC(Cc1c[nH]c2ccccc12)C(=O)NCC(=O)O. The van der Waals surface area contributed by atoms with E-state index in [1.54, 1.807) is 42.6 Å². The van der Waals surface area contributed by atoms with Crippen molar-refractivity contribution in [2.45, 2.75) is 75.2 Å². The number of benzene rings is 2. The molecule has 0 bridgehead atoms. The summed E-state index contributed by atoms with van der Waals surface area (Å²) in [5.74, 6) is -6.65. The number of carbonyl (C=O) groups is 7. The fourth-order valence-corrected chi connectivity index (χ4v) is 6.18. The summed E-state index contributed by atoms with van der Waals surface area (Å²) in [5.41, 5.74) is 19.4. The third-order valence-electron chi connectivity index (χ3n) is 9.26. The predicted octanol–water partition coefficient (Wildman–Crippen LogP) is -1.70. The average molecular weight is 831 g/mol. The Balaban J connectivity index is 1.61. The Kier molecular flexibility index (Phi) is 17.1. The van der Waals surface area contributed by atoms with Crippen LogP contribution >= 0.6 is 0 Å². The largest absolute Gasteiger partial charge is 0.481 e. The average Bonchev–Trinajstić information content (AvgIpc) is 3.89. The lowest BCUT2D eigenvalue weighted by atomic mass is 10.0. The summed E-state index contributed by atoms with van der Waals surface area (Å²) < 4.78 is 0. The number of nitrogens with two attached hydrogens (primary N) is 3. The van der Waals surface area contributed by atoms with E-state index >= 15 is 0 Å². The predicted molar refractivity (Wildman–Crippen MR) is 218 cm³/mol. The molecule has 2 aromatic carbocycles. The number of amides is 5. The zero-order valence-electron chi connectivity index (χ0n) is 32.6. The first-order valence-electron chi connectivity index (χ1n) is 19.0. The fraction of sp³-hybridized carbons (Fsp3) is 0.359. The van der Waals surface area contributed by atoms with Crippen molar-refractivity contribution in [3.63, 3.8) is 0 Å². The molecule has 320 valence electrons. The Morgan fingerprint density at radius 1 is 0.700 bits per heavy atom. The normalized spacial score (nSPS) is 13.4. The molecule has 21 heteroatoms. The second-order valence-electron chi connectivity index (χ2n) is 13.9. The molecular weight excluding hydrogens is 781 g/mol. The van der Waals surface area contributed by atoms with Crippen molar-refractivity contribution < 1.29 is 43.8 Å². The van der Waals surface area contributed by atoms with Crippen LogP contribution in [0, 0.1) is 0 Å². The first kappa shape index (κ1) is 45.4. The van der Waals surface area contributed by atoms with Crippen LogP contribution in [-0.4, -0.2) is 116 Å². The van der Waals surface area contributed by atoms with Gasteiger partial charge in [-0.3, -0.25) is 38.6 Å². The van der Waals surface area contributed by atoms with Gasteiger partial charge in [-0.05, 0) is 36.5 Å². The quantitative estimate of drug-likeness (QED) is 0.0213. The van der Waals surface area contributed by atoms with Gasteiger partial charge in [0.25, 0.3) is 0 Å². The van der Waals surface area contributed by atoms with Crippen LogP contribution in [0.4, 0.5) is 0 Å². The zero-order chi connectivity index (χ0) is 43.6. The number of imidazole rings is 1. The maximum absolute atomic E-state index is 14.3. The number of hydrogen-bond donors (Lipinski definition) is 12. The number of carboxylic acid groups (broad SMARTS) is 2. The number of carboxylic acids is 2. The minimum absolute atomic E-state index is 0.0381. The van der Waals surface area contributed by atoms with E-state index in [1.165, 1.54) is 12.5 Å². The Morgan fingerprint density at radius 3 is 1.97 bits per heavy atom. The van der Waals surface area contributed by atoms with Gasteiger partial charge in [0.15, 0.2) is 5.96 Å². The number of nitrogens with one attached hydrogen (secondary N) is 7. The number of para-hydroxylation sites is 1. The molecule has 4 rings (SSSR count). The van der Waals surface area contributed by atoms with Crippen molar-refractivity contribution in [3.05, 3.63) is 90.1 Å². The monoisotopic (exact) mass is 830 g/mol. The van der Waals surface area contributed by atoms with Crippen LogP contribution in [0.2, 0.25) is 0 Å². The highest BCUT2D eigenvalue weighted by molar-refractivity contribution is 5.97. The first-order chi connectivity index (χ1) is 28.7. The van der Waals surface area contributed by atoms with Gasteiger partial charge in [0.2, 0.25) is 29.5 Å². The van der Waals surface area contributed by atoms with Crippen LogP contribution in [0.3, 0.4) is 0 Å². The molecule has 2 heterocycles. The lowest BCUT2D eigenvalue weighted by molar-refractivity contribution is -0.139. The standard InChI is InChI=1S/C39H50N12O9/c40-26(12-13-32(52)53)34(56)49-31(17-24-19-43-21-47-24)38(60)50-29(15-22-7-2-1-3-8-22)37(59)48-28(11-6-14-44-39(41)42)36(58)51-30(35(57)46-20-33(54)55)16-23-18-45-27-10-5-4-9-25(23)27/h1-5,7-10,18-19,21,26,28-31,45H,6,11-17,20,40H2,(H,43,47)(H,46,57)(H,48,59)(H,49,56)(H,50,60)(H,51,58)(H,52,53)(H,54,55)(H4,41,42,44). The van der Waals surface area contributed by atoms with Gasteiger partial charge >= 0.3 is 11.9 Å². The van der Waals surface area contributed by atoms with Gasteiger partial charge in [-0.1, -0.05) is 48.5 Å². The van der Waals surface area contributed by atoms with E-state index in [0.29, 0.717) is 16.8 Å². The van der Waals surface area contributed by atoms with E-state index in [0.717, 1.165) is 10.9 Å². The highest BCUT2D eigenvalue weighted by Gasteiger charge is 2.33. The molecule has 0 aliphatic heterocycles. The van der Waals surface area contributed by atoms with Crippen LogP contribution in [0.1, 0.15) is 42.5 Å². The minimum Gasteiger partial charge on any atom is -0.481 e. The minimum atomic E-state index is -1.34.